The number of ether oxygens (including phenoxy) is 1. The Hall–Kier alpha value is -1.59. The Morgan fingerprint density at radius 3 is 2.48 bits per heavy atom. The van der Waals surface area contributed by atoms with Gasteiger partial charge in [0.15, 0.2) is 5.96 Å². The number of guanidine groups is 1. The Morgan fingerprint density at radius 1 is 1.17 bits per heavy atom. The van der Waals surface area contributed by atoms with Gasteiger partial charge in [0, 0.05) is 52.3 Å². The molecule has 2 saturated heterocycles. The number of benzene rings is 1. The molecule has 0 radical (unpaired) electrons. The lowest BCUT2D eigenvalue weighted by Gasteiger charge is -2.35. The van der Waals surface area contributed by atoms with Crippen LogP contribution in [0, 0.1) is 17.8 Å². The summed E-state index contributed by atoms with van der Waals surface area (Å²) in [5.74, 6) is 3.22. The summed E-state index contributed by atoms with van der Waals surface area (Å²) in [5, 5.41) is 3.43. The maximum Gasteiger partial charge on any atom is 0.193 e. The normalized spacial score (nSPS) is 25.9. The topological polar surface area (TPSA) is 40.1 Å². The van der Waals surface area contributed by atoms with Gasteiger partial charge >= 0.3 is 0 Å². The van der Waals surface area contributed by atoms with Crippen molar-refractivity contribution >= 4 is 5.96 Å². The predicted molar refractivity (Wildman–Crippen MR) is 121 cm³/mol. The molecule has 0 spiro atoms. The molecule has 2 heterocycles. The van der Waals surface area contributed by atoms with Gasteiger partial charge in [0.2, 0.25) is 0 Å². The van der Waals surface area contributed by atoms with Gasteiger partial charge in [-0.1, -0.05) is 38.1 Å². The largest absolute Gasteiger partial charge is 0.381 e. The predicted octanol–water partition coefficient (Wildman–Crippen LogP) is 3.60. The Labute approximate surface area is 177 Å². The minimum absolute atomic E-state index is 0.614. The lowest BCUT2D eigenvalue weighted by atomic mass is 9.91. The average molecular weight is 401 g/mol. The first-order chi connectivity index (χ1) is 14.0. The summed E-state index contributed by atoms with van der Waals surface area (Å²) in [4.78, 5) is 9.73. The van der Waals surface area contributed by atoms with Gasteiger partial charge in [0.1, 0.15) is 0 Å². The third kappa shape index (κ3) is 7.00. The Morgan fingerprint density at radius 2 is 1.86 bits per heavy atom. The molecule has 3 rings (SSSR count). The van der Waals surface area contributed by atoms with E-state index in [1.165, 1.54) is 30.6 Å². The average Bonchev–Trinajstić information content (AvgIpc) is 3.18. The van der Waals surface area contributed by atoms with Gasteiger partial charge in [-0.15, -0.1) is 0 Å². The molecular formula is C24H40N4O. The molecular weight excluding hydrogens is 360 g/mol. The van der Waals surface area contributed by atoms with Gasteiger partial charge in [-0.3, -0.25) is 4.90 Å². The SMILES string of the molecule is CCNC(=NCc1ccc(CN2CC(C)CC(C)C2)cc1)N(C)CC1CCOC1. The number of hydrogen-bond acceptors (Lipinski definition) is 3. The molecule has 5 nitrogen and oxygen atoms in total. The first-order valence-corrected chi connectivity index (χ1v) is 11.4. The molecule has 3 atom stereocenters. The van der Waals surface area contributed by atoms with E-state index >= 15 is 0 Å². The van der Waals surface area contributed by atoms with Crippen LogP contribution in [0.1, 0.15) is 44.7 Å². The van der Waals surface area contributed by atoms with E-state index in [0.717, 1.165) is 57.1 Å². The zero-order chi connectivity index (χ0) is 20.6. The highest BCUT2D eigenvalue weighted by Gasteiger charge is 2.21. The molecule has 0 amide bonds. The molecule has 3 unspecified atom stereocenters. The van der Waals surface area contributed by atoms with Crippen LogP contribution in [-0.2, 0) is 17.8 Å². The van der Waals surface area contributed by atoms with E-state index in [0.29, 0.717) is 12.5 Å². The van der Waals surface area contributed by atoms with Crippen molar-refractivity contribution in [3.8, 4) is 0 Å². The van der Waals surface area contributed by atoms with Gasteiger partial charge in [-0.2, -0.15) is 0 Å². The summed E-state index contributed by atoms with van der Waals surface area (Å²) >= 11 is 0. The molecule has 0 aromatic heterocycles. The van der Waals surface area contributed by atoms with Crippen molar-refractivity contribution in [2.24, 2.45) is 22.7 Å². The maximum absolute atomic E-state index is 5.51. The maximum atomic E-state index is 5.51. The second-order valence-corrected chi connectivity index (χ2v) is 9.24. The van der Waals surface area contributed by atoms with Crippen molar-refractivity contribution in [2.45, 2.75) is 46.7 Å². The van der Waals surface area contributed by atoms with Crippen LogP contribution in [0.5, 0.6) is 0 Å². The van der Waals surface area contributed by atoms with Crippen LogP contribution in [0.3, 0.4) is 0 Å². The summed E-state index contributed by atoms with van der Waals surface area (Å²) in [6.07, 6.45) is 2.52. The molecule has 0 bridgehead atoms. The summed E-state index contributed by atoms with van der Waals surface area (Å²) in [7, 11) is 2.13. The quantitative estimate of drug-likeness (QED) is 0.561. The lowest BCUT2D eigenvalue weighted by Crippen LogP contribution is -2.41. The highest BCUT2D eigenvalue weighted by molar-refractivity contribution is 5.79. The number of nitrogens with zero attached hydrogens (tertiary/aromatic N) is 3. The van der Waals surface area contributed by atoms with E-state index in [9.17, 15) is 0 Å². The standard InChI is InChI=1S/C24H40N4O/c1-5-25-24(27(4)16-23-10-11-29-18-23)26-13-21-6-8-22(9-7-21)17-28-14-19(2)12-20(3)15-28/h6-9,19-20,23H,5,10-18H2,1-4H3,(H,25,26). The zero-order valence-electron chi connectivity index (χ0n) is 18.9. The molecule has 0 aliphatic carbocycles. The van der Waals surface area contributed by atoms with Crippen LogP contribution < -0.4 is 5.32 Å². The van der Waals surface area contributed by atoms with E-state index in [4.69, 9.17) is 9.73 Å². The van der Waals surface area contributed by atoms with E-state index in [-0.39, 0.29) is 0 Å². The van der Waals surface area contributed by atoms with Crippen LogP contribution in [0.25, 0.3) is 0 Å². The Balaban J connectivity index is 1.54. The fourth-order valence-corrected chi connectivity index (χ4v) is 4.77. The molecule has 1 N–H and O–H groups in total. The van der Waals surface area contributed by atoms with Crippen molar-refractivity contribution in [3.63, 3.8) is 0 Å². The molecule has 1 aromatic rings. The van der Waals surface area contributed by atoms with Crippen molar-refractivity contribution in [2.75, 3.05) is 46.4 Å². The number of likely N-dealkylation sites (tertiary alicyclic amines) is 1. The third-order valence-electron chi connectivity index (χ3n) is 6.04. The summed E-state index contributed by atoms with van der Waals surface area (Å²) in [5.41, 5.74) is 2.67. The smallest absolute Gasteiger partial charge is 0.193 e. The van der Waals surface area contributed by atoms with E-state index in [2.05, 4.69) is 67.2 Å². The van der Waals surface area contributed by atoms with Crippen LogP contribution in [0.4, 0.5) is 0 Å². The molecule has 2 fully saturated rings. The monoisotopic (exact) mass is 400 g/mol. The van der Waals surface area contributed by atoms with Crippen molar-refractivity contribution in [3.05, 3.63) is 35.4 Å². The van der Waals surface area contributed by atoms with Crippen molar-refractivity contribution in [1.29, 1.82) is 0 Å². The van der Waals surface area contributed by atoms with Gasteiger partial charge < -0.3 is 15.0 Å². The Kier molecular flexibility index (Phi) is 8.37. The molecule has 2 aliphatic heterocycles. The number of aliphatic imine (C=N–C) groups is 1. The van der Waals surface area contributed by atoms with E-state index in [1.54, 1.807) is 0 Å². The number of nitrogens with one attached hydrogen (secondary N) is 1. The van der Waals surface area contributed by atoms with Crippen LogP contribution in [0.2, 0.25) is 0 Å². The van der Waals surface area contributed by atoms with Crippen LogP contribution in [0.15, 0.2) is 29.3 Å². The lowest BCUT2D eigenvalue weighted by molar-refractivity contribution is 0.134. The molecule has 1 aromatic carbocycles. The highest BCUT2D eigenvalue weighted by atomic mass is 16.5. The molecule has 29 heavy (non-hydrogen) atoms. The van der Waals surface area contributed by atoms with Crippen LogP contribution in [-0.4, -0.2) is 62.2 Å². The number of rotatable bonds is 7. The van der Waals surface area contributed by atoms with Gasteiger partial charge in [-0.25, -0.2) is 4.99 Å². The number of piperidine rings is 1. The minimum atomic E-state index is 0.614. The first-order valence-electron chi connectivity index (χ1n) is 11.4. The minimum Gasteiger partial charge on any atom is -0.381 e. The van der Waals surface area contributed by atoms with Crippen LogP contribution >= 0.6 is 0 Å². The third-order valence-corrected chi connectivity index (χ3v) is 6.04. The van der Waals surface area contributed by atoms with Crippen molar-refractivity contribution < 1.29 is 4.74 Å². The molecule has 2 aliphatic rings. The highest BCUT2D eigenvalue weighted by Crippen LogP contribution is 2.22. The van der Waals surface area contributed by atoms with Crippen molar-refractivity contribution in [1.82, 2.24) is 15.1 Å². The second kappa shape index (κ2) is 11.0. The Bertz CT molecular complexity index is 629. The van der Waals surface area contributed by atoms with E-state index < -0.39 is 0 Å². The molecule has 162 valence electrons. The molecule has 5 heteroatoms. The summed E-state index contributed by atoms with van der Waals surface area (Å²) in [6, 6.07) is 9.04. The van der Waals surface area contributed by atoms with E-state index in [1.807, 2.05) is 0 Å². The van der Waals surface area contributed by atoms with Gasteiger partial charge in [0.25, 0.3) is 0 Å². The summed E-state index contributed by atoms with van der Waals surface area (Å²) in [6.45, 7) is 14.8. The van der Waals surface area contributed by atoms with Gasteiger partial charge in [-0.05, 0) is 42.7 Å². The molecule has 0 saturated carbocycles. The first kappa shape index (κ1) is 22.1. The fraction of sp³-hybridized carbons (Fsp3) is 0.708. The number of hydrogen-bond donors (Lipinski definition) is 1. The fourth-order valence-electron chi connectivity index (χ4n) is 4.77. The zero-order valence-corrected chi connectivity index (χ0v) is 18.9. The van der Waals surface area contributed by atoms with Gasteiger partial charge in [0.05, 0.1) is 13.2 Å². The second-order valence-electron chi connectivity index (χ2n) is 9.24. The summed E-state index contributed by atoms with van der Waals surface area (Å²) < 4.78 is 5.51.